The average Bonchev–Trinajstić information content (AvgIpc) is 3.40. The first-order valence-corrected chi connectivity index (χ1v) is 14.4. The molecule has 1 aromatic rings. The zero-order valence-electron chi connectivity index (χ0n) is 21.7. The van der Waals surface area contributed by atoms with Crippen LogP contribution in [0.1, 0.15) is 57.9 Å². The van der Waals surface area contributed by atoms with Crippen LogP contribution in [-0.4, -0.2) is 87.7 Å². The monoisotopic (exact) mass is 518 g/mol. The predicted octanol–water partition coefficient (Wildman–Crippen LogP) is 1.95. The molecule has 0 aromatic heterocycles. The molecule has 0 radical (unpaired) electrons. The number of hydrogen-bond acceptors (Lipinski definition) is 8. The van der Waals surface area contributed by atoms with Crippen LogP contribution < -0.4 is 14.8 Å². The molecule has 3 unspecified atom stereocenters. The van der Waals surface area contributed by atoms with E-state index in [1.54, 1.807) is 30.3 Å². The van der Waals surface area contributed by atoms with E-state index in [9.17, 15) is 13.2 Å². The molecule has 0 spiro atoms. The molecule has 3 aliphatic heterocycles. The van der Waals surface area contributed by atoms with E-state index in [-0.39, 0.29) is 16.8 Å². The number of likely N-dealkylation sites (tertiary alicyclic amines) is 1. The van der Waals surface area contributed by atoms with Gasteiger partial charge in [-0.1, -0.05) is 20.3 Å². The summed E-state index contributed by atoms with van der Waals surface area (Å²) in [6.45, 7) is 5.95. The third-order valence-electron chi connectivity index (χ3n) is 7.06. The molecule has 0 aliphatic carbocycles. The Morgan fingerprint density at radius 1 is 1.22 bits per heavy atom. The topological polar surface area (TPSA) is 116 Å². The summed E-state index contributed by atoms with van der Waals surface area (Å²) in [6, 6.07) is 4.32. The van der Waals surface area contributed by atoms with Crippen LogP contribution >= 0.6 is 0 Å². The second-order valence-corrected chi connectivity index (χ2v) is 11.5. The van der Waals surface area contributed by atoms with Crippen molar-refractivity contribution in [2.24, 2.45) is 10.1 Å². The molecule has 1 aromatic carbocycles. The molecule has 0 saturated carbocycles. The summed E-state index contributed by atoms with van der Waals surface area (Å²) in [5, 5.41) is 9.58. The van der Waals surface area contributed by atoms with Crippen molar-refractivity contribution in [1.29, 1.82) is 0 Å². The smallest absolute Gasteiger partial charge is 0.274 e. The van der Waals surface area contributed by atoms with Crippen LogP contribution in [0, 0.1) is 0 Å². The van der Waals surface area contributed by atoms with Gasteiger partial charge < -0.3 is 15.0 Å². The molecule has 1 fully saturated rings. The second-order valence-electron chi connectivity index (χ2n) is 9.75. The van der Waals surface area contributed by atoms with Gasteiger partial charge in [0.2, 0.25) is 10.0 Å². The molecule has 1 amide bonds. The number of likely N-dealkylation sites (N-methyl/N-ethyl adjacent to an activating group) is 1. The highest BCUT2D eigenvalue weighted by Gasteiger charge is 2.44. The van der Waals surface area contributed by atoms with E-state index in [1.165, 1.54) is 0 Å². The first kappa shape index (κ1) is 26.6. The highest BCUT2D eigenvalue weighted by atomic mass is 32.2. The SMILES string of the molecule is CCCOc1ccc(S(=O)(=O)NCCC2CCCN2C)cc1C1=NC(=O)C2C(N1)C(CCC)=NN2C. The number of hydrogen-bond donors (Lipinski definition) is 2. The van der Waals surface area contributed by atoms with E-state index in [0.29, 0.717) is 36.3 Å². The number of hydrazone groups is 1. The summed E-state index contributed by atoms with van der Waals surface area (Å²) in [4.78, 5) is 19.7. The van der Waals surface area contributed by atoms with Crippen LogP contribution in [0.5, 0.6) is 5.75 Å². The number of sulfonamides is 1. The summed E-state index contributed by atoms with van der Waals surface area (Å²) in [6.07, 6.45) is 5.45. The zero-order chi connectivity index (χ0) is 25.9. The first-order chi connectivity index (χ1) is 17.2. The van der Waals surface area contributed by atoms with Crippen molar-refractivity contribution in [1.82, 2.24) is 19.9 Å². The fraction of sp³-hybridized carbons (Fsp3) is 0.640. The number of nitrogens with zero attached hydrogens (tertiary/aromatic N) is 4. The molecular formula is C25H38N6O4S. The molecule has 10 nitrogen and oxygen atoms in total. The number of ether oxygens (including phenoxy) is 1. The lowest BCUT2D eigenvalue weighted by atomic mass is 9.97. The maximum atomic E-state index is 13.2. The van der Waals surface area contributed by atoms with Gasteiger partial charge in [-0.3, -0.25) is 9.80 Å². The van der Waals surface area contributed by atoms with Crippen LogP contribution in [0.3, 0.4) is 0 Å². The maximum Gasteiger partial charge on any atom is 0.274 e. The van der Waals surface area contributed by atoms with Gasteiger partial charge in [0.15, 0.2) is 6.04 Å². The molecule has 0 bridgehead atoms. The predicted molar refractivity (Wildman–Crippen MR) is 140 cm³/mol. The van der Waals surface area contributed by atoms with Crippen LogP contribution in [-0.2, 0) is 14.8 Å². The van der Waals surface area contributed by atoms with E-state index < -0.39 is 16.1 Å². The molecule has 4 rings (SSSR count). The minimum Gasteiger partial charge on any atom is -0.493 e. The van der Waals surface area contributed by atoms with Gasteiger partial charge in [0.1, 0.15) is 11.6 Å². The fourth-order valence-corrected chi connectivity index (χ4v) is 6.21. The summed E-state index contributed by atoms with van der Waals surface area (Å²) in [7, 11) is 0.105. The van der Waals surface area contributed by atoms with Gasteiger partial charge in [-0.05, 0) is 63.9 Å². The van der Waals surface area contributed by atoms with Gasteiger partial charge in [-0.25, -0.2) is 13.1 Å². The Morgan fingerprint density at radius 2 is 2.03 bits per heavy atom. The highest BCUT2D eigenvalue weighted by molar-refractivity contribution is 7.89. The number of amidine groups is 1. The number of nitrogens with one attached hydrogen (secondary N) is 2. The largest absolute Gasteiger partial charge is 0.493 e. The van der Waals surface area contributed by atoms with Gasteiger partial charge in [-0.2, -0.15) is 10.1 Å². The molecule has 2 N–H and O–H groups in total. The van der Waals surface area contributed by atoms with Crippen molar-refractivity contribution in [2.45, 2.75) is 75.4 Å². The minimum atomic E-state index is -3.75. The Balaban J connectivity index is 1.59. The number of rotatable bonds is 11. The van der Waals surface area contributed by atoms with Gasteiger partial charge in [0, 0.05) is 19.6 Å². The lowest BCUT2D eigenvalue weighted by Crippen LogP contribution is -2.56. The van der Waals surface area contributed by atoms with Crippen molar-refractivity contribution >= 4 is 27.5 Å². The minimum absolute atomic E-state index is 0.117. The van der Waals surface area contributed by atoms with Crippen molar-refractivity contribution < 1.29 is 17.9 Å². The van der Waals surface area contributed by atoms with Gasteiger partial charge >= 0.3 is 0 Å². The number of aliphatic imine (C=N–C) groups is 1. The van der Waals surface area contributed by atoms with E-state index in [2.05, 4.69) is 39.0 Å². The lowest BCUT2D eigenvalue weighted by Gasteiger charge is -2.29. The average molecular weight is 519 g/mol. The maximum absolute atomic E-state index is 13.2. The van der Waals surface area contributed by atoms with E-state index in [1.807, 2.05) is 6.92 Å². The van der Waals surface area contributed by atoms with Crippen molar-refractivity contribution in [3.05, 3.63) is 23.8 Å². The Hall–Kier alpha value is -2.50. The zero-order valence-corrected chi connectivity index (χ0v) is 22.5. The van der Waals surface area contributed by atoms with Crippen molar-refractivity contribution in [2.75, 3.05) is 33.8 Å². The molecule has 198 valence electrons. The third-order valence-corrected chi connectivity index (χ3v) is 8.51. The van der Waals surface area contributed by atoms with Gasteiger partial charge in [0.05, 0.1) is 28.8 Å². The number of benzene rings is 1. The van der Waals surface area contributed by atoms with E-state index in [0.717, 1.165) is 50.8 Å². The summed E-state index contributed by atoms with van der Waals surface area (Å²) >= 11 is 0. The summed E-state index contributed by atoms with van der Waals surface area (Å²) < 4.78 is 35.0. The van der Waals surface area contributed by atoms with Crippen molar-refractivity contribution in [3.63, 3.8) is 0 Å². The molecule has 11 heteroatoms. The summed E-state index contributed by atoms with van der Waals surface area (Å²) in [5.74, 6) is 0.497. The van der Waals surface area contributed by atoms with E-state index in [4.69, 9.17) is 4.74 Å². The highest BCUT2D eigenvalue weighted by Crippen LogP contribution is 2.28. The Bertz CT molecular complexity index is 1140. The Morgan fingerprint density at radius 3 is 2.72 bits per heavy atom. The molecule has 1 saturated heterocycles. The van der Waals surface area contributed by atoms with Crippen LogP contribution in [0.2, 0.25) is 0 Å². The Kier molecular flexibility index (Phi) is 8.31. The van der Waals surface area contributed by atoms with Gasteiger partial charge in [0.25, 0.3) is 5.91 Å². The van der Waals surface area contributed by atoms with Crippen LogP contribution in [0.15, 0.2) is 33.2 Å². The molecule has 3 heterocycles. The third kappa shape index (κ3) is 5.57. The molecule has 36 heavy (non-hydrogen) atoms. The van der Waals surface area contributed by atoms with Crippen LogP contribution in [0.4, 0.5) is 0 Å². The Labute approximate surface area is 214 Å². The number of amides is 1. The van der Waals surface area contributed by atoms with Gasteiger partial charge in [-0.15, -0.1) is 0 Å². The number of fused-ring (bicyclic) bond motifs is 1. The second kappa shape index (κ2) is 11.3. The molecule has 3 atom stereocenters. The summed E-state index contributed by atoms with van der Waals surface area (Å²) in [5.41, 5.74) is 1.35. The standard InChI is InChI=1S/C25H38N6O4S/c1-5-8-20-22-23(31(4)29-20)25(32)28-24(27-22)19-16-18(10-11-21(19)35-15-6-2)36(33,34)26-13-12-17-9-7-14-30(17)3/h10-11,16-17,22-23,26H,5-9,12-15H2,1-4H3,(H,27,28,32). The van der Waals surface area contributed by atoms with Crippen LogP contribution in [0.25, 0.3) is 0 Å². The normalized spacial score (nSPS) is 24.4. The molecule has 3 aliphatic rings. The number of carbonyl (C=O) groups excluding carboxylic acids is 1. The van der Waals surface area contributed by atoms with Crippen molar-refractivity contribution in [3.8, 4) is 5.75 Å². The quantitative estimate of drug-likeness (QED) is 0.460. The lowest BCUT2D eigenvalue weighted by molar-refractivity contribution is -0.122. The van der Waals surface area contributed by atoms with E-state index >= 15 is 0 Å². The fourth-order valence-electron chi connectivity index (χ4n) is 5.13. The number of carbonyl (C=O) groups is 1. The molecular weight excluding hydrogens is 480 g/mol. The first-order valence-electron chi connectivity index (χ1n) is 12.9.